The first kappa shape index (κ1) is 9.46. The fourth-order valence-corrected chi connectivity index (χ4v) is 1.84. The molecule has 1 amide bonds. The van der Waals surface area contributed by atoms with Gasteiger partial charge in [-0.05, 0) is 11.6 Å². The summed E-state index contributed by atoms with van der Waals surface area (Å²) in [5, 5.41) is 2.78. The van der Waals surface area contributed by atoms with Gasteiger partial charge in [-0.15, -0.1) is 0 Å². The third-order valence-corrected chi connectivity index (χ3v) is 2.69. The molecule has 0 aliphatic carbocycles. The highest BCUT2D eigenvalue weighted by molar-refractivity contribution is 6.30. The van der Waals surface area contributed by atoms with Crippen molar-refractivity contribution in [2.75, 3.05) is 6.54 Å². The molecule has 1 N–H and O–H groups in total. The molecule has 0 radical (unpaired) electrons. The van der Waals surface area contributed by atoms with Gasteiger partial charge in [0.05, 0.1) is 5.02 Å². The van der Waals surface area contributed by atoms with E-state index in [1.54, 1.807) is 12.1 Å². The maximum Gasteiger partial charge on any atom is 0.220 e. The van der Waals surface area contributed by atoms with Crippen LogP contribution in [0.4, 0.5) is 4.39 Å². The zero-order chi connectivity index (χ0) is 10.1. The molecule has 2 nitrogen and oxygen atoms in total. The van der Waals surface area contributed by atoms with Crippen LogP contribution in [0.25, 0.3) is 0 Å². The van der Waals surface area contributed by atoms with E-state index in [0.717, 1.165) is 0 Å². The number of benzene rings is 1. The number of amides is 1. The SMILES string of the molecule is O=C1CC(c2cccc(Cl)c2F)CN1. The van der Waals surface area contributed by atoms with Crippen molar-refractivity contribution >= 4 is 17.5 Å². The Hall–Kier alpha value is -1.09. The third-order valence-electron chi connectivity index (χ3n) is 2.40. The molecule has 1 saturated heterocycles. The predicted octanol–water partition coefficient (Wildman–Crippen LogP) is 2.08. The average molecular weight is 214 g/mol. The van der Waals surface area contributed by atoms with E-state index in [0.29, 0.717) is 18.5 Å². The molecule has 1 heterocycles. The second-order valence-electron chi connectivity index (χ2n) is 3.35. The van der Waals surface area contributed by atoms with Gasteiger partial charge in [0.25, 0.3) is 0 Å². The van der Waals surface area contributed by atoms with Crippen molar-refractivity contribution in [2.24, 2.45) is 0 Å². The topological polar surface area (TPSA) is 29.1 Å². The standard InChI is InChI=1S/C10H9ClFNO/c11-8-3-1-2-7(10(8)12)6-4-9(14)13-5-6/h1-3,6H,4-5H2,(H,13,14). The lowest BCUT2D eigenvalue weighted by Crippen LogP contribution is -2.13. The number of carbonyl (C=O) groups is 1. The van der Waals surface area contributed by atoms with E-state index in [9.17, 15) is 9.18 Å². The van der Waals surface area contributed by atoms with Crippen LogP contribution in [0.5, 0.6) is 0 Å². The van der Waals surface area contributed by atoms with Gasteiger partial charge in [0.15, 0.2) is 0 Å². The molecular weight excluding hydrogens is 205 g/mol. The van der Waals surface area contributed by atoms with Crippen LogP contribution in [-0.2, 0) is 4.79 Å². The lowest BCUT2D eigenvalue weighted by Gasteiger charge is -2.09. The summed E-state index contributed by atoms with van der Waals surface area (Å²) in [6, 6.07) is 4.88. The zero-order valence-electron chi connectivity index (χ0n) is 7.39. The van der Waals surface area contributed by atoms with Gasteiger partial charge in [-0.3, -0.25) is 4.79 Å². The van der Waals surface area contributed by atoms with Crippen molar-refractivity contribution in [1.29, 1.82) is 0 Å². The van der Waals surface area contributed by atoms with Gasteiger partial charge in [0.2, 0.25) is 5.91 Å². The van der Waals surface area contributed by atoms with Gasteiger partial charge in [0, 0.05) is 18.9 Å². The Labute approximate surface area is 86.1 Å². The Kier molecular flexibility index (Phi) is 2.42. The van der Waals surface area contributed by atoms with Crippen LogP contribution in [0.3, 0.4) is 0 Å². The van der Waals surface area contributed by atoms with Crippen LogP contribution in [0.2, 0.25) is 5.02 Å². The smallest absolute Gasteiger partial charge is 0.220 e. The second-order valence-corrected chi connectivity index (χ2v) is 3.76. The first-order valence-corrected chi connectivity index (χ1v) is 4.77. The molecule has 0 spiro atoms. The van der Waals surface area contributed by atoms with Gasteiger partial charge in [-0.2, -0.15) is 0 Å². The lowest BCUT2D eigenvalue weighted by atomic mass is 9.98. The summed E-state index contributed by atoms with van der Waals surface area (Å²) in [4.78, 5) is 11.0. The molecule has 1 aliphatic heterocycles. The van der Waals surface area contributed by atoms with Crippen molar-refractivity contribution in [3.05, 3.63) is 34.6 Å². The van der Waals surface area contributed by atoms with Crippen molar-refractivity contribution in [3.63, 3.8) is 0 Å². The van der Waals surface area contributed by atoms with E-state index < -0.39 is 5.82 Å². The molecule has 1 aromatic carbocycles. The number of hydrogen-bond acceptors (Lipinski definition) is 1. The van der Waals surface area contributed by atoms with Crippen LogP contribution < -0.4 is 5.32 Å². The van der Waals surface area contributed by atoms with Crippen molar-refractivity contribution in [1.82, 2.24) is 5.32 Å². The highest BCUT2D eigenvalue weighted by Gasteiger charge is 2.25. The Morgan fingerprint density at radius 3 is 2.93 bits per heavy atom. The monoisotopic (exact) mass is 213 g/mol. The van der Waals surface area contributed by atoms with Crippen molar-refractivity contribution in [2.45, 2.75) is 12.3 Å². The van der Waals surface area contributed by atoms with Crippen LogP contribution in [-0.4, -0.2) is 12.5 Å². The zero-order valence-corrected chi connectivity index (χ0v) is 8.14. The van der Waals surface area contributed by atoms with E-state index in [1.807, 2.05) is 0 Å². The Morgan fingerprint density at radius 1 is 1.50 bits per heavy atom. The summed E-state index contributed by atoms with van der Waals surface area (Å²) in [5.74, 6) is -0.522. The van der Waals surface area contributed by atoms with Crippen LogP contribution in [0.15, 0.2) is 18.2 Å². The number of nitrogens with one attached hydrogen (secondary N) is 1. The molecule has 1 unspecified atom stereocenters. The van der Waals surface area contributed by atoms with Crippen molar-refractivity contribution < 1.29 is 9.18 Å². The Morgan fingerprint density at radius 2 is 2.29 bits per heavy atom. The summed E-state index contributed by atoms with van der Waals surface area (Å²) in [6.07, 6.45) is 0.345. The summed E-state index contributed by atoms with van der Waals surface area (Å²) in [7, 11) is 0. The quantitative estimate of drug-likeness (QED) is 0.761. The third kappa shape index (κ3) is 1.60. The molecule has 74 valence electrons. The summed E-state index contributed by atoms with van der Waals surface area (Å²) < 4.78 is 13.5. The largest absolute Gasteiger partial charge is 0.355 e. The Bertz CT molecular complexity index is 380. The number of halogens is 2. The van der Waals surface area contributed by atoms with E-state index in [4.69, 9.17) is 11.6 Å². The maximum atomic E-state index is 13.5. The maximum absolute atomic E-state index is 13.5. The van der Waals surface area contributed by atoms with Gasteiger partial charge < -0.3 is 5.32 Å². The Balaban J connectivity index is 2.32. The molecule has 0 aromatic heterocycles. The number of hydrogen-bond donors (Lipinski definition) is 1. The van der Waals surface area contributed by atoms with Crippen LogP contribution in [0.1, 0.15) is 17.9 Å². The van der Waals surface area contributed by atoms with Gasteiger partial charge in [-0.1, -0.05) is 23.7 Å². The highest BCUT2D eigenvalue weighted by Crippen LogP contribution is 2.28. The molecule has 0 bridgehead atoms. The van der Waals surface area contributed by atoms with Gasteiger partial charge >= 0.3 is 0 Å². The average Bonchev–Trinajstić information content (AvgIpc) is 2.57. The number of rotatable bonds is 1. The van der Waals surface area contributed by atoms with E-state index in [1.165, 1.54) is 6.07 Å². The van der Waals surface area contributed by atoms with E-state index in [-0.39, 0.29) is 16.8 Å². The molecule has 1 aromatic rings. The molecule has 1 fully saturated rings. The first-order valence-electron chi connectivity index (χ1n) is 4.39. The molecule has 1 aliphatic rings. The van der Waals surface area contributed by atoms with Gasteiger partial charge in [0.1, 0.15) is 5.82 Å². The minimum Gasteiger partial charge on any atom is -0.355 e. The van der Waals surface area contributed by atoms with Crippen LogP contribution in [0, 0.1) is 5.82 Å². The minimum absolute atomic E-state index is 0.0330. The first-order chi connectivity index (χ1) is 6.68. The van der Waals surface area contributed by atoms with Crippen molar-refractivity contribution in [3.8, 4) is 0 Å². The van der Waals surface area contributed by atoms with E-state index in [2.05, 4.69) is 5.32 Å². The predicted molar refractivity (Wildman–Crippen MR) is 51.8 cm³/mol. The lowest BCUT2D eigenvalue weighted by molar-refractivity contribution is -0.119. The fraction of sp³-hybridized carbons (Fsp3) is 0.300. The summed E-state index contributed by atoms with van der Waals surface area (Å²) in [5.41, 5.74) is 0.524. The van der Waals surface area contributed by atoms with E-state index >= 15 is 0 Å². The molecule has 2 rings (SSSR count). The summed E-state index contributed by atoms with van der Waals surface area (Å²) >= 11 is 5.65. The minimum atomic E-state index is -0.407. The second kappa shape index (κ2) is 3.58. The number of carbonyl (C=O) groups excluding carboxylic acids is 1. The normalized spacial score (nSPS) is 21.0. The summed E-state index contributed by atoms with van der Waals surface area (Å²) in [6.45, 7) is 0.496. The highest BCUT2D eigenvalue weighted by atomic mass is 35.5. The molecular formula is C10H9ClFNO. The molecule has 0 saturated carbocycles. The van der Waals surface area contributed by atoms with Gasteiger partial charge in [-0.25, -0.2) is 4.39 Å². The molecule has 4 heteroatoms. The molecule has 1 atom stereocenters. The molecule has 14 heavy (non-hydrogen) atoms. The fourth-order valence-electron chi connectivity index (χ4n) is 1.66. The van der Waals surface area contributed by atoms with Crippen LogP contribution >= 0.6 is 11.6 Å².